The Morgan fingerprint density at radius 3 is 2.58 bits per heavy atom. The fourth-order valence-corrected chi connectivity index (χ4v) is 5.01. The summed E-state index contributed by atoms with van der Waals surface area (Å²) in [5.41, 5.74) is -2.24. The molecule has 128 valence electrons. The van der Waals surface area contributed by atoms with E-state index in [0.29, 0.717) is 18.2 Å². The number of alkyl halides is 3. The van der Waals surface area contributed by atoms with Gasteiger partial charge in [0.05, 0.1) is 26.4 Å². The van der Waals surface area contributed by atoms with Gasteiger partial charge in [-0.05, 0) is 30.7 Å². The second-order valence-electron chi connectivity index (χ2n) is 6.24. The highest BCUT2D eigenvalue weighted by Gasteiger charge is 2.38. The van der Waals surface area contributed by atoms with Gasteiger partial charge in [-0.25, -0.2) is 4.79 Å². The predicted octanol–water partition coefficient (Wildman–Crippen LogP) is 3.49. The van der Waals surface area contributed by atoms with Crippen LogP contribution in [0.25, 0.3) is 10.9 Å². The molecule has 1 atom stereocenters. The number of thioether (sulfide) groups is 1. The van der Waals surface area contributed by atoms with Crippen molar-refractivity contribution >= 4 is 34.3 Å². The molecule has 2 heterocycles. The molecule has 1 aromatic heterocycles. The summed E-state index contributed by atoms with van der Waals surface area (Å²) in [5.74, 6) is 1.23. The number of nitrogens with zero attached hydrogens (tertiary/aromatic N) is 1. The molecule has 1 saturated carbocycles. The van der Waals surface area contributed by atoms with Crippen LogP contribution in [0.2, 0.25) is 5.02 Å². The van der Waals surface area contributed by atoms with Crippen molar-refractivity contribution in [1.29, 1.82) is 0 Å². The number of hydrogen-bond donors (Lipinski definition) is 1. The maximum atomic E-state index is 13.3. The van der Waals surface area contributed by atoms with Gasteiger partial charge in [0.25, 0.3) is 5.56 Å². The molecule has 1 N–H and O–H groups in total. The lowest BCUT2D eigenvalue weighted by Crippen LogP contribution is -2.32. The van der Waals surface area contributed by atoms with E-state index in [-0.39, 0.29) is 21.7 Å². The SMILES string of the molecule is O=c1[nH]c(=O)n2c3c(c(Cl)c(C(F)(F)F)cc13)SCC(C1CC1)C2. The van der Waals surface area contributed by atoms with Gasteiger partial charge in [-0.3, -0.25) is 14.3 Å². The van der Waals surface area contributed by atoms with Crippen molar-refractivity contribution in [3.63, 3.8) is 0 Å². The van der Waals surface area contributed by atoms with Gasteiger partial charge in [0.2, 0.25) is 0 Å². The lowest BCUT2D eigenvalue weighted by molar-refractivity contribution is -0.137. The second kappa shape index (κ2) is 5.29. The highest BCUT2D eigenvalue weighted by atomic mass is 35.5. The molecule has 24 heavy (non-hydrogen) atoms. The summed E-state index contributed by atoms with van der Waals surface area (Å²) in [4.78, 5) is 26.6. The minimum Gasteiger partial charge on any atom is -0.292 e. The zero-order valence-corrected chi connectivity index (χ0v) is 13.8. The van der Waals surface area contributed by atoms with Crippen LogP contribution >= 0.6 is 23.4 Å². The Balaban J connectivity index is 2.07. The van der Waals surface area contributed by atoms with E-state index < -0.39 is 28.0 Å². The lowest BCUT2D eigenvalue weighted by atomic mass is 10.1. The van der Waals surface area contributed by atoms with Crippen LogP contribution in [0.5, 0.6) is 0 Å². The third-order valence-corrected chi connectivity index (χ3v) is 6.41. The summed E-state index contributed by atoms with van der Waals surface area (Å²) in [5, 5.41) is -0.583. The van der Waals surface area contributed by atoms with Crippen LogP contribution in [0.1, 0.15) is 18.4 Å². The van der Waals surface area contributed by atoms with Gasteiger partial charge in [0, 0.05) is 12.3 Å². The van der Waals surface area contributed by atoms with E-state index in [2.05, 4.69) is 4.98 Å². The second-order valence-corrected chi connectivity index (χ2v) is 7.65. The van der Waals surface area contributed by atoms with E-state index in [1.54, 1.807) is 0 Å². The molecule has 0 spiro atoms. The van der Waals surface area contributed by atoms with Crippen LogP contribution in [0, 0.1) is 11.8 Å². The first-order valence-electron chi connectivity index (χ1n) is 7.46. The Morgan fingerprint density at radius 1 is 1.25 bits per heavy atom. The zero-order valence-electron chi connectivity index (χ0n) is 12.2. The van der Waals surface area contributed by atoms with Gasteiger partial charge in [0.15, 0.2) is 0 Å². The van der Waals surface area contributed by atoms with E-state index in [1.807, 2.05) is 0 Å². The Kier molecular flexibility index (Phi) is 3.55. The van der Waals surface area contributed by atoms with Crippen molar-refractivity contribution in [3.8, 4) is 0 Å². The molecule has 2 aliphatic rings. The molecular weight excluding hydrogens is 365 g/mol. The summed E-state index contributed by atoms with van der Waals surface area (Å²) in [6.45, 7) is 0.387. The van der Waals surface area contributed by atoms with Crippen LogP contribution in [-0.4, -0.2) is 15.3 Å². The zero-order chi connectivity index (χ0) is 17.2. The number of aromatic amines is 1. The first kappa shape index (κ1) is 16.1. The first-order chi connectivity index (χ1) is 11.3. The van der Waals surface area contributed by atoms with Gasteiger partial charge in [-0.2, -0.15) is 13.2 Å². The Morgan fingerprint density at radius 2 is 1.96 bits per heavy atom. The van der Waals surface area contributed by atoms with Crippen LogP contribution in [0.4, 0.5) is 13.2 Å². The number of rotatable bonds is 1. The largest absolute Gasteiger partial charge is 0.417 e. The minimum absolute atomic E-state index is 0.148. The minimum atomic E-state index is -4.67. The van der Waals surface area contributed by atoms with E-state index >= 15 is 0 Å². The summed E-state index contributed by atoms with van der Waals surface area (Å²) >= 11 is 7.24. The van der Waals surface area contributed by atoms with E-state index in [0.717, 1.165) is 18.9 Å². The monoisotopic (exact) mass is 376 g/mol. The third kappa shape index (κ3) is 2.47. The molecule has 4 rings (SSSR count). The molecule has 1 aromatic carbocycles. The third-order valence-electron chi connectivity index (χ3n) is 4.63. The molecule has 0 bridgehead atoms. The van der Waals surface area contributed by atoms with Gasteiger partial charge in [-0.1, -0.05) is 11.6 Å². The summed E-state index contributed by atoms with van der Waals surface area (Å²) in [6, 6.07) is 0.744. The molecule has 1 fully saturated rings. The molecule has 9 heteroatoms. The molecule has 0 saturated heterocycles. The average Bonchev–Trinajstić information content (AvgIpc) is 3.30. The standard InChI is InChI=1S/C15H12ClF3N2O2S/c16-10-9(15(17,18)19)3-8-11-12(10)24-5-7(6-1-2-6)4-21(11)14(23)20-13(8)22/h3,6-7H,1-2,4-5H2,(H,20,22,23). The molecular formula is C15H12ClF3N2O2S. The summed E-state index contributed by atoms with van der Waals surface area (Å²) in [6.07, 6.45) is -2.55. The molecule has 1 unspecified atom stereocenters. The summed E-state index contributed by atoms with van der Waals surface area (Å²) < 4.78 is 41.2. The maximum absolute atomic E-state index is 13.3. The van der Waals surface area contributed by atoms with Crippen molar-refractivity contribution in [2.75, 3.05) is 5.75 Å². The van der Waals surface area contributed by atoms with Crippen molar-refractivity contribution in [2.24, 2.45) is 11.8 Å². The highest BCUT2D eigenvalue weighted by molar-refractivity contribution is 7.99. The topological polar surface area (TPSA) is 54.9 Å². The quantitative estimate of drug-likeness (QED) is 0.828. The molecule has 1 aliphatic heterocycles. The van der Waals surface area contributed by atoms with Crippen LogP contribution < -0.4 is 11.2 Å². The number of nitrogens with one attached hydrogen (secondary N) is 1. The number of halogens is 4. The van der Waals surface area contributed by atoms with E-state index in [9.17, 15) is 22.8 Å². The molecule has 0 amide bonds. The van der Waals surface area contributed by atoms with Gasteiger partial charge >= 0.3 is 11.9 Å². The fraction of sp³-hybridized carbons (Fsp3) is 0.467. The van der Waals surface area contributed by atoms with Gasteiger partial charge in [0.1, 0.15) is 0 Å². The Bertz CT molecular complexity index is 962. The lowest BCUT2D eigenvalue weighted by Gasteiger charge is -2.16. The molecule has 1 aliphatic carbocycles. The summed E-state index contributed by atoms with van der Waals surface area (Å²) in [7, 11) is 0. The van der Waals surface area contributed by atoms with Crippen molar-refractivity contribution in [2.45, 2.75) is 30.5 Å². The fourth-order valence-electron chi connectivity index (χ4n) is 3.24. The Labute approximate surface area is 143 Å². The van der Waals surface area contributed by atoms with E-state index in [4.69, 9.17) is 11.6 Å². The average molecular weight is 377 g/mol. The number of aromatic nitrogens is 2. The van der Waals surface area contributed by atoms with Crippen molar-refractivity contribution < 1.29 is 13.2 Å². The normalized spacial score (nSPS) is 21.1. The number of hydrogen-bond acceptors (Lipinski definition) is 3. The van der Waals surface area contributed by atoms with Crippen LogP contribution in [0.3, 0.4) is 0 Å². The van der Waals surface area contributed by atoms with E-state index in [1.165, 1.54) is 16.3 Å². The highest BCUT2D eigenvalue weighted by Crippen LogP contribution is 2.47. The van der Waals surface area contributed by atoms with Crippen molar-refractivity contribution in [1.82, 2.24) is 9.55 Å². The van der Waals surface area contributed by atoms with Gasteiger partial charge in [-0.15, -0.1) is 11.8 Å². The molecule has 2 aromatic rings. The van der Waals surface area contributed by atoms with Crippen molar-refractivity contribution in [3.05, 3.63) is 37.5 Å². The van der Waals surface area contributed by atoms with Gasteiger partial charge < -0.3 is 0 Å². The predicted molar refractivity (Wildman–Crippen MR) is 85.8 cm³/mol. The first-order valence-corrected chi connectivity index (χ1v) is 8.83. The Hall–Kier alpha value is -1.41. The van der Waals surface area contributed by atoms with Crippen LogP contribution in [-0.2, 0) is 12.7 Å². The maximum Gasteiger partial charge on any atom is 0.417 e. The molecule has 4 nitrogen and oxygen atoms in total. The van der Waals surface area contributed by atoms with Crippen LogP contribution in [0.15, 0.2) is 20.6 Å². The smallest absolute Gasteiger partial charge is 0.292 e. The number of H-pyrrole nitrogens is 1. The molecule has 0 radical (unpaired) electrons. The number of benzene rings is 1.